The first-order valence-electron chi connectivity index (χ1n) is 5.40. The van der Waals surface area contributed by atoms with Gasteiger partial charge < -0.3 is 4.74 Å². The van der Waals surface area contributed by atoms with Gasteiger partial charge in [-0.15, -0.1) is 0 Å². The van der Waals surface area contributed by atoms with Crippen molar-refractivity contribution in [2.75, 3.05) is 0 Å². The Kier molecular flexibility index (Phi) is 3.70. The maximum absolute atomic E-state index is 13.6. The summed E-state index contributed by atoms with van der Waals surface area (Å²) in [5.41, 5.74) is 0.180. The van der Waals surface area contributed by atoms with E-state index in [1.807, 2.05) is 0 Å². The molecule has 0 heterocycles. The first kappa shape index (κ1) is 14.0. The monoisotopic (exact) mass is 292 g/mol. The predicted octanol–water partition coefficient (Wildman–Crippen LogP) is 2.14. The van der Waals surface area contributed by atoms with Crippen LogP contribution in [0.2, 0.25) is 0 Å². The molecule has 0 aromatic heterocycles. The van der Waals surface area contributed by atoms with E-state index in [1.165, 1.54) is 36.4 Å². The van der Waals surface area contributed by atoms with E-state index >= 15 is 0 Å². The van der Waals surface area contributed by atoms with Gasteiger partial charge in [0.05, 0.1) is 16.5 Å². The highest BCUT2D eigenvalue weighted by molar-refractivity contribution is 7.89. The van der Waals surface area contributed by atoms with Crippen LogP contribution in [0.3, 0.4) is 0 Å². The van der Waals surface area contributed by atoms with Gasteiger partial charge in [0.25, 0.3) is 0 Å². The molecule has 0 aliphatic heterocycles. The number of primary sulfonamides is 1. The zero-order valence-corrected chi connectivity index (χ0v) is 10.9. The molecular formula is C13H9FN2O3S. The molecule has 0 fully saturated rings. The van der Waals surface area contributed by atoms with Crippen molar-refractivity contribution in [1.29, 1.82) is 5.26 Å². The van der Waals surface area contributed by atoms with Crippen molar-refractivity contribution in [2.24, 2.45) is 5.14 Å². The second-order valence-electron chi connectivity index (χ2n) is 3.88. The Morgan fingerprint density at radius 1 is 1.15 bits per heavy atom. The lowest BCUT2D eigenvalue weighted by Gasteiger charge is -2.07. The fourth-order valence-electron chi connectivity index (χ4n) is 1.48. The maximum Gasteiger partial charge on any atom is 0.238 e. The molecule has 20 heavy (non-hydrogen) atoms. The van der Waals surface area contributed by atoms with Crippen LogP contribution in [0.5, 0.6) is 11.5 Å². The lowest BCUT2D eigenvalue weighted by atomic mass is 10.2. The van der Waals surface area contributed by atoms with Crippen LogP contribution in [0.15, 0.2) is 47.4 Å². The molecule has 0 saturated carbocycles. The Balaban J connectivity index is 2.25. The molecular weight excluding hydrogens is 283 g/mol. The minimum atomic E-state index is -3.78. The molecule has 0 unspecified atom stereocenters. The molecule has 0 spiro atoms. The molecule has 2 N–H and O–H groups in total. The van der Waals surface area contributed by atoms with Crippen LogP contribution >= 0.6 is 0 Å². The van der Waals surface area contributed by atoms with Crippen LogP contribution in [-0.4, -0.2) is 8.42 Å². The van der Waals surface area contributed by atoms with Gasteiger partial charge in [0, 0.05) is 0 Å². The van der Waals surface area contributed by atoms with Gasteiger partial charge in [-0.3, -0.25) is 0 Å². The summed E-state index contributed by atoms with van der Waals surface area (Å²) in [5.74, 6) is -0.493. The normalized spacial score (nSPS) is 10.8. The largest absolute Gasteiger partial charge is 0.454 e. The first-order valence-corrected chi connectivity index (χ1v) is 6.95. The number of hydrogen-bond acceptors (Lipinski definition) is 4. The van der Waals surface area contributed by atoms with Gasteiger partial charge >= 0.3 is 0 Å². The third kappa shape index (κ3) is 3.12. The maximum atomic E-state index is 13.6. The summed E-state index contributed by atoms with van der Waals surface area (Å²) >= 11 is 0. The summed E-state index contributed by atoms with van der Waals surface area (Å²) in [6, 6.07) is 10.8. The van der Waals surface area contributed by atoms with Gasteiger partial charge in [-0.2, -0.15) is 5.26 Å². The minimum Gasteiger partial charge on any atom is -0.454 e. The molecule has 0 amide bonds. The SMILES string of the molecule is N#Cc1ccc(Oc2ccc(S(N)(=O)=O)cc2)c(F)c1. The predicted molar refractivity (Wildman–Crippen MR) is 69.0 cm³/mol. The zero-order valence-electron chi connectivity index (χ0n) is 10.1. The highest BCUT2D eigenvalue weighted by atomic mass is 32.2. The van der Waals surface area contributed by atoms with Crippen LogP contribution in [0.25, 0.3) is 0 Å². The summed E-state index contributed by atoms with van der Waals surface area (Å²) in [6.45, 7) is 0. The molecule has 0 radical (unpaired) electrons. The van der Waals surface area contributed by atoms with Crippen molar-refractivity contribution in [3.05, 3.63) is 53.8 Å². The van der Waals surface area contributed by atoms with E-state index in [-0.39, 0.29) is 22.0 Å². The standard InChI is InChI=1S/C13H9FN2O3S/c14-12-7-9(8-15)1-6-13(12)19-10-2-4-11(5-3-10)20(16,17)18/h1-7H,(H2,16,17,18). The molecule has 0 aliphatic carbocycles. The first-order chi connectivity index (χ1) is 9.40. The average molecular weight is 292 g/mol. The van der Waals surface area contributed by atoms with E-state index < -0.39 is 15.8 Å². The molecule has 0 saturated heterocycles. The number of nitriles is 1. The van der Waals surface area contributed by atoms with Crippen molar-refractivity contribution in [3.63, 3.8) is 0 Å². The molecule has 2 aromatic rings. The lowest BCUT2D eigenvalue weighted by Crippen LogP contribution is -2.11. The van der Waals surface area contributed by atoms with Gasteiger partial charge in [0.15, 0.2) is 11.6 Å². The number of nitrogens with two attached hydrogens (primary N) is 1. The molecule has 0 bridgehead atoms. The highest BCUT2D eigenvalue weighted by Gasteiger charge is 2.09. The van der Waals surface area contributed by atoms with Crippen LogP contribution in [-0.2, 0) is 10.0 Å². The Hall–Kier alpha value is -2.43. The molecule has 2 aromatic carbocycles. The molecule has 102 valence electrons. The van der Waals surface area contributed by atoms with Crippen molar-refractivity contribution in [1.82, 2.24) is 0 Å². The highest BCUT2D eigenvalue weighted by Crippen LogP contribution is 2.25. The summed E-state index contributed by atoms with van der Waals surface area (Å²) in [7, 11) is -3.78. The topological polar surface area (TPSA) is 93.2 Å². The van der Waals surface area contributed by atoms with Crippen LogP contribution in [0.4, 0.5) is 4.39 Å². The van der Waals surface area contributed by atoms with Crippen molar-refractivity contribution >= 4 is 10.0 Å². The second-order valence-corrected chi connectivity index (χ2v) is 5.44. The van der Waals surface area contributed by atoms with E-state index in [0.29, 0.717) is 0 Å². The number of sulfonamides is 1. The third-order valence-corrected chi connectivity index (χ3v) is 3.37. The Bertz CT molecular complexity index is 780. The van der Waals surface area contributed by atoms with Gasteiger partial charge in [0.1, 0.15) is 5.75 Å². The van der Waals surface area contributed by atoms with E-state index in [2.05, 4.69) is 0 Å². The Morgan fingerprint density at radius 2 is 1.80 bits per heavy atom. The van der Waals surface area contributed by atoms with E-state index in [4.69, 9.17) is 15.1 Å². The van der Waals surface area contributed by atoms with Crippen molar-refractivity contribution in [3.8, 4) is 17.6 Å². The third-order valence-electron chi connectivity index (χ3n) is 2.44. The van der Waals surface area contributed by atoms with Gasteiger partial charge in [-0.1, -0.05) is 0 Å². The van der Waals surface area contributed by atoms with Crippen LogP contribution < -0.4 is 9.88 Å². The van der Waals surface area contributed by atoms with Crippen LogP contribution in [0.1, 0.15) is 5.56 Å². The number of halogens is 1. The zero-order chi connectivity index (χ0) is 14.8. The number of hydrogen-bond donors (Lipinski definition) is 1. The molecule has 5 nitrogen and oxygen atoms in total. The van der Waals surface area contributed by atoms with Gasteiger partial charge in [-0.05, 0) is 42.5 Å². The molecule has 2 rings (SSSR count). The van der Waals surface area contributed by atoms with E-state index in [9.17, 15) is 12.8 Å². The van der Waals surface area contributed by atoms with Crippen molar-refractivity contribution in [2.45, 2.75) is 4.90 Å². The Morgan fingerprint density at radius 3 is 2.30 bits per heavy atom. The van der Waals surface area contributed by atoms with E-state index in [0.717, 1.165) is 6.07 Å². The number of ether oxygens (including phenoxy) is 1. The number of nitrogens with zero attached hydrogens (tertiary/aromatic N) is 1. The second kappa shape index (κ2) is 5.28. The minimum absolute atomic E-state index is 0.0626. The fourth-order valence-corrected chi connectivity index (χ4v) is 1.99. The Labute approximate surface area is 115 Å². The smallest absolute Gasteiger partial charge is 0.238 e. The lowest BCUT2D eigenvalue weighted by molar-refractivity contribution is 0.442. The molecule has 7 heteroatoms. The molecule has 0 atom stereocenters. The van der Waals surface area contributed by atoms with Crippen LogP contribution in [0, 0.1) is 17.1 Å². The molecule has 0 aliphatic rings. The quantitative estimate of drug-likeness (QED) is 0.937. The fraction of sp³-hybridized carbons (Fsp3) is 0. The van der Waals surface area contributed by atoms with E-state index in [1.54, 1.807) is 6.07 Å². The van der Waals surface area contributed by atoms with Gasteiger partial charge in [0.2, 0.25) is 10.0 Å². The number of rotatable bonds is 3. The van der Waals surface area contributed by atoms with Gasteiger partial charge in [-0.25, -0.2) is 17.9 Å². The number of benzene rings is 2. The summed E-state index contributed by atoms with van der Waals surface area (Å²) in [6.07, 6.45) is 0. The average Bonchev–Trinajstić information content (AvgIpc) is 2.40. The van der Waals surface area contributed by atoms with Crippen molar-refractivity contribution < 1.29 is 17.5 Å². The summed E-state index contributed by atoms with van der Waals surface area (Å²) in [5, 5.41) is 13.6. The summed E-state index contributed by atoms with van der Waals surface area (Å²) in [4.78, 5) is -0.0647. The summed E-state index contributed by atoms with van der Waals surface area (Å²) < 4.78 is 41.0.